The van der Waals surface area contributed by atoms with Crippen molar-refractivity contribution in [3.8, 4) is 5.75 Å². The Hall–Kier alpha value is -1.60. The molecule has 0 aliphatic rings. The van der Waals surface area contributed by atoms with Gasteiger partial charge in [-0.05, 0) is 37.6 Å². The van der Waals surface area contributed by atoms with Crippen LogP contribution in [0.5, 0.6) is 5.75 Å². The topological polar surface area (TPSA) is 84.5 Å². The maximum Gasteiger partial charge on any atom is 0.240 e. The molecule has 0 radical (unpaired) electrons. The molecule has 0 unspecified atom stereocenters. The van der Waals surface area contributed by atoms with Gasteiger partial charge in [0.1, 0.15) is 5.75 Å². The Bertz CT molecular complexity index is 570. The fraction of sp³-hybridized carbons (Fsp3) is 0.562. The van der Waals surface area contributed by atoms with Crippen LogP contribution in [0.1, 0.15) is 39.5 Å². The zero-order valence-electron chi connectivity index (χ0n) is 13.8. The zero-order valence-corrected chi connectivity index (χ0v) is 14.6. The van der Waals surface area contributed by atoms with Gasteiger partial charge in [0.05, 0.1) is 11.5 Å². The predicted octanol–water partition coefficient (Wildman–Crippen LogP) is 2.06. The standard InChI is InChI=1S/C16H26N2O4S/c1-3-5-6-12-17-16(19)11-13-18-23(20,21)15-9-7-14(8-10-15)22-4-2/h7-10,18H,3-6,11-13H2,1-2H3,(H,17,19). The molecule has 2 N–H and O–H groups in total. The van der Waals surface area contributed by atoms with Crippen molar-refractivity contribution in [1.29, 1.82) is 0 Å². The van der Waals surface area contributed by atoms with Gasteiger partial charge in [0.2, 0.25) is 15.9 Å². The van der Waals surface area contributed by atoms with Crippen LogP contribution in [0.4, 0.5) is 0 Å². The van der Waals surface area contributed by atoms with Gasteiger partial charge < -0.3 is 10.1 Å². The molecule has 0 aliphatic heterocycles. The zero-order chi connectivity index (χ0) is 17.1. The van der Waals surface area contributed by atoms with Crippen LogP contribution in [0.25, 0.3) is 0 Å². The van der Waals surface area contributed by atoms with Crippen LogP contribution in [0, 0.1) is 0 Å². The minimum absolute atomic E-state index is 0.0785. The van der Waals surface area contributed by atoms with Crippen molar-refractivity contribution < 1.29 is 17.9 Å². The van der Waals surface area contributed by atoms with Crippen molar-refractivity contribution in [2.45, 2.75) is 44.4 Å². The van der Waals surface area contributed by atoms with Crippen molar-refractivity contribution in [2.24, 2.45) is 0 Å². The van der Waals surface area contributed by atoms with E-state index in [4.69, 9.17) is 4.74 Å². The average molecular weight is 342 g/mol. The van der Waals surface area contributed by atoms with Gasteiger partial charge in [-0.3, -0.25) is 4.79 Å². The first kappa shape index (κ1) is 19.4. The molecular formula is C16H26N2O4S. The number of ether oxygens (including phenoxy) is 1. The number of benzene rings is 1. The fourth-order valence-corrected chi connectivity index (χ4v) is 2.99. The SMILES string of the molecule is CCCCCNC(=O)CCNS(=O)(=O)c1ccc(OCC)cc1. The van der Waals surface area contributed by atoms with Crippen LogP contribution in [-0.4, -0.2) is 34.0 Å². The van der Waals surface area contributed by atoms with Gasteiger partial charge in [0, 0.05) is 19.5 Å². The summed E-state index contributed by atoms with van der Waals surface area (Å²) in [6, 6.07) is 6.19. The quantitative estimate of drug-likeness (QED) is 0.603. The number of carbonyl (C=O) groups is 1. The second-order valence-corrected chi connectivity index (χ2v) is 6.88. The van der Waals surface area contributed by atoms with Crippen molar-refractivity contribution in [3.63, 3.8) is 0 Å². The Labute approximate surface area is 138 Å². The molecule has 0 saturated heterocycles. The third kappa shape index (κ3) is 7.47. The summed E-state index contributed by atoms with van der Waals surface area (Å²) in [4.78, 5) is 11.7. The lowest BCUT2D eigenvalue weighted by molar-refractivity contribution is -0.120. The van der Waals surface area contributed by atoms with Crippen LogP contribution in [0.15, 0.2) is 29.2 Å². The maximum atomic E-state index is 12.1. The molecule has 0 bridgehead atoms. The van der Waals surface area contributed by atoms with Gasteiger partial charge in [-0.2, -0.15) is 0 Å². The van der Waals surface area contributed by atoms with Crippen LogP contribution < -0.4 is 14.8 Å². The van der Waals surface area contributed by atoms with Crippen LogP contribution >= 0.6 is 0 Å². The van der Waals surface area contributed by atoms with Gasteiger partial charge >= 0.3 is 0 Å². The molecule has 1 aromatic rings. The molecule has 1 aromatic carbocycles. The summed E-state index contributed by atoms with van der Waals surface area (Å²) >= 11 is 0. The lowest BCUT2D eigenvalue weighted by Crippen LogP contribution is -2.31. The monoisotopic (exact) mass is 342 g/mol. The number of carbonyl (C=O) groups excluding carboxylic acids is 1. The number of rotatable bonds is 11. The Morgan fingerprint density at radius 2 is 1.78 bits per heavy atom. The number of nitrogens with one attached hydrogen (secondary N) is 2. The van der Waals surface area contributed by atoms with E-state index in [0.29, 0.717) is 18.9 Å². The highest BCUT2D eigenvalue weighted by Crippen LogP contribution is 2.15. The van der Waals surface area contributed by atoms with E-state index in [1.54, 1.807) is 12.1 Å². The Morgan fingerprint density at radius 1 is 1.09 bits per heavy atom. The van der Waals surface area contributed by atoms with E-state index >= 15 is 0 Å². The van der Waals surface area contributed by atoms with Gasteiger partial charge in [0.25, 0.3) is 0 Å². The van der Waals surface area contributed by atoms with Gasteiger partial charge in [0.15, 0.2) is 0 Å². The minimum atomic E-state index is -3.60. The number of amides is 1. The molecule has 0 saturated carbocycles. The summed E-state index contributed by atoms with van der Waals surface area (Å²) in [5.74, 6) is 0.480. The molecule has 0 fully saturated rings. The lowest BCUT2D eigenvalue weighted by atomic mass is 10.2. The van der Waals surface area contributed by atoms with Crippen molar-refractivity contribution in [3.05, 3.63) is 24.3 Å². The first-order valence-electron chi connectivity index (χ1n) is 7.98. The van der Waals surface area contributed by atoms with Gasteiger partial charge in [-0.25, -0.2) is 13.1 Å². The number of hydrogen-bond donors (Lipinski definition) is 2. The minimum Gasteiger partial charge on any atom is -0.494 e. The summed E-state index contributed by atoms with van der Waals surface area (Å²) in [7, 11) is -3.60. The molecule has 0 aromatic heterocycles. The third-order valence-corrected chi connectivity index (χ3v) is 4.67. The summed E-state index contributed by atoms with van der Waals surface area (Å²) in [6.45, 7) is 5.20. The maximum absolute atomic E-state index is 12.1. The normalized spacial score (nSPS) is 11.2. The number of hydrogen-bond acceptors (Lipinski definition) is 4. The molecule has 0 atom stereocenters. The predicted molar refractivity (Wildman–Crippen MR) is 90.0 cm³/mol. The van der Waals surface area contributed by atoms with E-state index in [2.05, 4.69) is 17.0 Å². The van der Waals surface area contributed by atoms with Crippen molar-refractivity contribution in [2.75, 3.05) is 19.7 Å². The van der Waals surface area contributed by atoms with Crippen molar-refractivity contribution >= 4 is 15.9 Å². The second-order valence-electron chi connectivity index (χ2n) is 5.11. The van der Waals surface area contributed by atoms with E-state index in [9.17, 15) is 13.2 Å². The summed E-state index contributed by atoms with van der Waals surface area (Å²) in [5.41, 5.74) is 0. The molecule has 130 valence electrons. The lowest BCUT2D eigenvalue weighted by Gasteiger charge is -2.08. The first-order valence-corrected chi connectivity index (χ1v) is 9.47. The van der Waals surface area contributed by atoms with Crippen LogP contribution in [-0.2, 0) is 14.8 Å². The fourth-order valence-electron chi connectivity index (χ4n) is 1.96. The van der Waals surface area contributed by atoms with Gasteiger partial charge in [-0.15, -0.1) is 0 Å². The average Bonchev–Trinajstić information content (AvgIpc) is 2.52. The Morgan fingerprint density at radius 3 is 2.39 bits per heavy atom. The summed E-state index contributed by atoms with van der Waals surface area (Å²) < 4.78 is 31.9. The third-order valence-electron chi connectivity index (χ3n) is 3.19. The van der Waals surface area contributed by atoms with E-state index < -0.39 is 10.0 Å². The highest BCUT2D eigenvalue weighted by Gasteiger charge is 2.14. The summed E-state index contributed by atoms with van der Waals surface area (Å²) in [6.07, 6.45) is 3.24. The molecule has 23 heavy (non-hydrogen) atoms. The summed E-state index contributed by atoms with van der Waals surface area (Å²) in [5, 5.41) is 2.77. The molecule has 7 heteroatoms. The van der Waals surface area contributed by atoms with Crippen molar-refractivity contribution in [1.82, 2.24) is 10.0 Å². The highest BCUT2D eigenvalue weighted by atomic mass is 32.2. The molecule has 0 spiro atoms. The smallest absolute Gasteiger partial charge is 0.240 e. The van der Waals surface area contributed by atoms with E-state index in [0.717, 1.165) is 19.3 Å². The van der Waals surface area contributed by atoms with E-state index in [1.165, 1.54) is 12.1 Å². The van der Waals surface area contributed by atoms with Crippen LogP contribution in [0.3, 0.4) is 0 Å². The Balaban J connectivity index is 2.39. The molecule has 0 aliphatic carbocycles. The molecule has 1 rings (SSSR count). The van der Waals surface area contributed by atoms with E-state index in [1.807, 2.05) is 6.92 Å². The van der Waals surface area contributed by atoms with Gasteiger partial charge in [-0.1, -0.05) is 19.8 Å². The largest absolute Gasteiger partial charge is 0.494 e. The van der Waals surface area contributed by atoms with E-state index in [-0.39, 0.29) is 23.8 Å². The Kier molecular flexibility index (Phi) is 8.65. The molecule has 1 amide bonds. The van der Waals surface area contributed by atoms with Crippen LogP contribution in [0.2, 0.25) is 0 Å². The number of unbranched alkanes of at least 4 members (excludes halogenated alkanes) is 2. The first-order chi connectivity index (χ1) is 11.0. The molecule has 6 nitrogen and oxygen atoms in total. The molecular weight excluding hydrogens is 316 g/mol. The highest BCUT2D eigenvalue weighted by molar-refractivity contribution is 7.89. The second kappa shape index (κ2) is 10.2. The number of sulfonamides is 1. The molecule has 0 heterocycles.